The number of aromatic nitrogens is 4. The zero-order chi connectivity index (χ0) is 15.0. The van der Waals surface area contributed by atoms with Crippen molar-refractivity contribution in [3.8, 4) is 0 Å². The molecule has 0 atom stereocenters. The molecule has 21 heavy (non-hydrogen) atoms. The highest BCUT2D eigenvalue weighted by Gasteiger charge is 2.18. The highest BCUT2D eigenvalue weighted by atomic mass is 32.2. The van der Waals surface area contributed by atoms with Crippen molar-refractivity contribution in [1.82, 2.24) is 20.4 Å². The molecule has 2 heterocycles. The van der Waals surface area contributed by atoms with E-state index in [1.54, 1.807) is 0 Å². The van der Waals surface area contributed by atoms with Crippen LogP contribution in [0.3, 0.4) is 0 Å². The fraction of sp³-hybridized carbons (Fsp3) is 0. The third kappa shape index (κ3) is 2.21. The molecule has 0 spiro atoms. The van der Waals surface area contributed by atoms with Crippen LogP contribution in [-0.2, 0) is 10.0 Å². The first-order valence-corrected chi connectivity index (χ1v) is 7.23. The standard InChI is InChI=1S/C11H9N5O4S/c17-10-6-2-1-3-7(9(6)11(18)15-14-10)16-21(19,20)8-4-5-12-13-8/h1-5,16H,(H,12,13)(H,14,17)(H,15,18). The number of fused-ring (bicyclic) bond motifs is 1. The number of hydrogen-bond acceptors (Lipinski definition) is 5. The third-order valence-electron chi connectivity index (χ3n) is 2.83. The molecule has 0 aliphatic carbocycles. The number of sulfonamides is 1. The van der Waals surface area contributed by atoms with Crippen LogP contribution in [0.5, 0.6) is 0 Å². The molecule has 0 aliphatic heterocycles. The fourth-order valence-corrected chi connectivity index (χ4v) is 2.89. The molecule has 2 aromatic heterocycles. The SMILES string of the molecule is O=c1[nH][nH]c(=O)c2c(NS(=O)(=O)c3ccn[nH]3)cccc12. The quantitative estimate of drug-likeness (QED) is 0.527. The molecule has 108 valence electrons. The Kier molecular flexibility index (Phi) is 2.87. The number of rotatable bonds is 3. The minimum absolute atomic E-state index is 0.00875. The van der Waals surface area contributed by atoms with Gasteiger partial charge in [-0.2, -0.15) is 13.5 Å². The van der Waals surface area contributed by atoms with E-state index in [1.807, 2.05) is 0 Å². The van der Waals surface area contributed by atoms with Gasteiger partial charge in [0.15, 0.2) is 5.03 Å². The summed E-state index contributed by atoms with van der Waals surface area (Å²) >= 11 is 0. The molecular formula is C11H9N5O4S. The number of anilines is 1. The lowest BCUT2D eigenvalue weighted by Gasteiger charge is -2.08. The van der Waals surface area contributed by atoms with Gasteiger partial charge < -0.3 is 0 Å². The van der Waals surface area contributed by atoms with Crippen LogP contribution >= 0.6 is 0 Å². The van der Waals surface area contributed by atoms with Crippen molar-refractivity contribution < 1.29 is 8.42 Å². The largest absolute Gasteiger partial charge is 0.278 e. The lowest BCUT2D eigenvalue weighted by molar-refractivity contribution is 0.597. The average molecular weight is 307 g/mol. The van der Waals surface area contributed by atoms with Gasteiger partial charge in [0.25, 0.3) is 21.1 Å². The van der Waals surface area contributed by atoms with Gasteiger partial charge in [0.2, 0.25) is 0 Å². The number of benzene rings is 1. The normalized spacial score (nSPS) is 11.6. The molecule has 0 fully saturated rings. The zero-order valence-corrected chi connectivity index (χ0v) is 11.2. The van der Waals surface area contributed by atoms with Gasteiger partial charge in [0.05, 0.1) is 22.7 Å². The second-order valence-electron chi connectivity index (χ2n) is 4.16. The number of H-pyrrole nitrogens is 3. The first-order chi connectivity index (χ1) is 9.99. The second-order valence-corrected chi connectivity index (χ2v) is 5.81. The molecule has 10 heteroatoms. The van der Waals surface area contributed by atoms with Gasteiger partial charge in [-0.05, 0) is 18.2 Å². The maximum Gasteiger partial charge on any atom is 0.278 e. The monoisotopic (exact) mass is 307 g/mol. The number of nitrogens with zero attached hydrogens (tertiary/aromatic N) is 1. The molecule has 0 bridgehead atoms. The van der Waals surface area contributed by atoms with Crippen LogP contribution < -0.4 is 15.8 Å². The van der Waals surface area contributed by atoms with Crippen LogP contribution in [0.1, 0.15) is 0 Å². The molecule has 1 aromatic carbocycles. The molecule has 3 aromatic rings. The summed E-state index contributed by atoms with van der Waals surface area (Å²) in [6.07, 6.45) is 1.29. The molecule has 0 radical (unpaired) electrons. The lowest BCUT2D eigenvalue weighted by Crippen LogP contribution is -2.21. The maximum absolute atomic E-state index is 12.1. The number of hydrogen-bond donors (Lipinski definition) is 4. The molecule has 0 amide bonds. The van der Waals surface area contributed by atoms with Gasteiger partial charge in [0, 0.05) is 0 Å². The van der Waals surface area contributed by atoms with Crippen molar-refractivity contribution in [3.05, 3.63) is 51.2 Å². The van der Waals surface area contributed by atoms with Gasteiger partial charge in [0.1, 0.15) is 0 Å². The Morgan fingerprint density at radius 1 is 1.05 bits per heavy atom. The van der Waals surface area contributed by atoms with E-state index < -0.39 is 21.1 Å². The smallest absolute Gasteiger partial charge is 0.278 e. The van der Waals surface area contributed by atoms with Gasteiger partial charge in [-0.15, -0.1) is 0 Å². The van der Waals surface area contributed by atoms with E-state index in [2.05, 4.69) is 25.1 Å². The van der Waals surface area contributed by atoms with Crippen molar-refractivity contribution in [2.24, 2.45) is 0 Å². The van der Waals surface area contributed by atoms with E-state index in [0.717, 1.165) is 0 Å². The molecule has 0 unspecified atom stereocenters. The summed E-state index contributed by atoms with van der Waals surface area (Å²) in [6.45, 7) is 0. The Morgan fingerprint density at radius 3 is 2.52 bits per heavy atom. The van der Waals surface area contributed by atoms with Crippen molar-refractivity contribution in [2.75, 3.05) is 4.72 Å². The lowest BCUT2D eigenvalue weighted by atomic mass is 10.2. The minimum Gasteiger partial charge on any atom is -0.278 e. The summed E-state index contributed by atoms with van der Waals surface area (Å²) < 4.78 is 26.5. The van der Waals surface area contributed by atoms with E-state index in [1.165, 1.54) is 30.5 Å². The first kappa shape index (κ1) is 13.1. The van der Waals surface area contributed by atoms with Gasteiger partial charge in [-0.25, -0.2) is 0 Å². The minimum atomic E-state index is -3.92. The predicted molar refractivity (Wildman–Crippen MR) is 74.6 cm³/mol. The van der Waals surface area contributed by atoms with Crippen LogP contribution in [0.4, 0.5) is 5.69 Å². The fourth-order valence-electron chi connectivity index (χ4n) is 1.91. The number of aromatic amines is 3. The summed E-state index contributed by atoms with van der Waals surface area (Å²) in [5.74, 6) is 0. The van der Waals surface area contributed by atoms with Crippen molar-refractivity contribution in [1.29, 1.82) is 0 Å². The highest BCUT2D eigenvalue weighted by molar-refractivity contribution is 7.92. The summed E-state index contributed by atoms with van der Waals surface area (Å²) in [4.78, 5) is 23.5. The van der Waals surface area contributed by atoms with Crippen LogP contribution in [0.2, 0.25) is 0 Å². The Balaban J connectivity index is 2.21. The van der Waals surface area contributed by atoms with Crippen LogP contribution in [-0.4, -0.2) is 28.8 Å². The zero-order valence-electron chi connectivity index (χ0n) is 10.4. The van der Waals surface area contributed by atoms with Crippen LogP contribution in [0, 0.1) is 0 Å². The van der Waals surface area contributed by atoms with Gasteiger partial charge >= 0.3 is 0 Å². The van der Waals surface area contributed by atoms with Crippen molar-refractivity contribution >= 4 is 26.5 Å². The topological polar surface area (TPSA) is 141 Å². The molecule has 4 N–H and O–H groups in total. The van der Waals surface area contributed by atoms with E-state index >= 15 is 0 Å². The summed E-state index contributed by atoms with van der Waals surface area (Å²) in [5, 5.41) is 10.1. The van der Waals surface area contributed by atoms with Crippen LogP contribution in [0.25, 0.3) is 10.8 Å². The van der Waals surface area contributed by atoms with Crippen LogP contribution in [0.15, 0.2) is 45.1 Å². The molecule has 0 aliphatic rings. The van der Waals surface area contributed by atoms with E-state index in [4.69, 9.17) is 0 Å². The molecule has 0 saturated carbocycles. The predicted octanol–water partition coefficient (Wildman–Crippen LogP) is -0.260. The Bertz CT molecular complexity index is 1020. The Hall–Kier alpha value is -2.88. The maximum atomic E-state index is 12.1. The summed E-state index contributed by atoms with van der Waals surface area (Å²) in [6, 6.07) is 5.56. The first-order valence-electron chi connectivity index (χ1n) is 5.75. The number of nitrogens with one attached hydrogen (secondary N) is 4. The van der Waals surface area contributed by atoms with E-state index in [0.29, 0.717) is 0 Å². The summed E-state index contributed by atoms with van der Waals surface area (Å²) in [5.41, 5.74) is -1.12. The Morgan fingerprint density at radius 2 is 1.81 bits per heavy atom. The van der Waals surface area contributed by atoms with Crippen molar-refractivity contribution in [3.63, 3.8) is 0 Å². The molecule has 0 saturated heterocycles. The van der Waals surface area contributed by atoms with Gasteiger partial charge in [-0.3, -0.25) is 29.6 Å². The second kappa shape index (κ2) is 4.59. The van der Waals surface area contributed by atoms with E-state index in [9.17, 15) is 18.0 Å². The highest BCUT2D eigenvalue weighted by Crippen LogP contribution is 2.20. The van der Waals surface area contributed by atoms with E-state index in [-0.39, 0.29) is 21.5 Å². The van der Waals surface area contributed by atoms with Crippen molar-refractivity contribution in [2.45, 2.75) is 5.03 Å². The summed E-state index contributed by atoms with van der Waals surface area (Å²) in [7, 11) is -3.92. The molecule has 9 nitrogen and oxygen atoms in total. The molecular weight excluding hydrogens is 298 g/mol. The molecule has 3 rings (SSSR count). The third-order valence-corrected chi connectivity index (χ3v) is 4.13. The van der Waals surface area contributed by atoms with Gasteiger partial charge in [-0.1, -0.05) is 6.07 Å². The Labute approximate surface area is 117 Å². The average Bonchev–Trinajstić information content (AvgIpc) is 2.98.